The van der Waals surface area contributed by atoms with E-state index in [-0.39, 0.29) is 30.2 Å². The van der Waals surface area contributed by atoms with Crippen molar-refractivity contribution < 1.29 is 14.4 Å². The Bertz CT molecular complexity index is 1430. The lowest BCUT2D eigenvalue weighted by molar-refractivity contribution is -0.127. The first kappa shape index (κ1) is 23.0. The van der Waals surface area contributed by atoms with E-state index in [2.05, 4.69) is 9.88 Å². The molecule has 182 valence electrons. The zero-order valence-electron chi connectivity index (χ0n) is 19.4. The van der Waals surface area contributed by atoms with Gasteiger partial charge in [-0.15, -0.1) is 22.7 Å². The molecule has 4 aromatic rings. The Morgan fingerprint density at radius 1 is 0.972 bits per heavy atom. The van der Waals surface area contributed by atoms with Crippen molar-refractivity contribution in [1.29, 1.82) is 0 Å². The zero-order chi connectivity index (χ0) is 24.6. The number of aromatic nitrogens is 2. The molecule has 8 nitrogen and oxygen atoms in total. The van der Waals surface area contributed by atoms with Gasteiger partial charge in [0.1, 0.15) is 5.01 Å². The highest BCUT2D eigenvalue weighted by atomic mass is 32.1. The zero-order valence-corrected chi connectivity index (χ0v) is 21.0. The maximum atomic E-state index is 13.1. The predicted molar refractivity (Wildman–Crippen MR) is 139 cm³/mol. The van der Waals surface area contributed by atoms with Crippen LogP contribution < -0.4 is 0 Å². The van der Waals surface area contributed by atoms with E-state index in [9.17, 15) is 14.4 Å². The topological polar surface area (TPSA) is 86.7 Å². The molecule has 3 amide bonds. The Morgan fingerprint density at radius 2 is 1.81 bits per heavy atom. The van der Waals surface area contributed by atoms with E-state index in [0.29, 0.717) is 43.3 Å². The molecule has 2 aromatic carbocycles. The van der Waals surface area contributed by atoms with Crippen molar-refractivity contribution in [3.63, 3.8) is 0 Å². The number of benzene rings is 2. The van der Waals surface area contributed by atoms with Crippen molar-refractivity contribution in [3.8, 4) is 10.6 Å². The third-order valence-corrected chi connectivity index (χ3v) is 8.54. The van der Waals surface area contributed by atoms with Crippen molar-refractivity contribution in [2.45, 2.75) is 12.5 Å². The number of hydrogen-bond acceptors (Lipinski definition) is 8. The van der Waals surface area contributed by atoms with Gasteiger partial charge < -0.3 is 4.90 Å². The van der Waals surface area contributed by atoms with E-state index < -0.39 is 0 Å². The minimum Gasteiger partial charge on any atom is -0.335 e. The van der Waals surface area contributed by atoms with Gasteiger partial charge in [-0.3, -0.25) is 24.2 Å². The summed E-state index contributed by atoms with van der Waals surface area (Å²) in [5, 5.41) is 3.01. The Balaban J connectivity index is 1.09. The van der Waals surface area contributed by atoms with Gasteiger partial charge in [0, 0.05) is 67.9 Å². The second-order valence-electron chi connectivity index (χ2n) is 8.91. The number of hydrogen-bond donors (Lipinski definition) is 0. The number of carbonyl (C=O) groups excluding carboxylic acids is 3. The van der Waals surface area contributed by atoms with Gasteiger partial charge in [0.05, 0.1) is 10.2 Å². The number of fused-ring (bicyclic) bond motifs is 1. The fourth-order valence-electron chi connectivity index (χ4n) is 4.66. The average molecular weight is 518 g/mol. The van der Waals surface area contributed by atoms with Gasteiger partial charge in [-0.25, -0.2) is 9.97 Å². The summed E-state index contributed by atoms with van der Waals surface area (Å²) in [6.45, 7) is 2.76. The van der Waals surface area contributed by atoms with Crippen LogP contribution in [-0.4, -0.2) is 81.2 Å². The van der Waals surface area contributed by atoms with E-state index in [1.54, 1.807) is 22.9 Å². The second-order valence-corrected chi connectivity index (χ2v) is 10.8. The summed E-state index contributed by atoms with van der Waals surface area (Å²) in [6, 6.07) is 15.9. The van der Waals surface area contributed by atoms with E-state index in [1.165, 1.54) is 16.2 Å². The van der Waals surface area contributed by atoms with E-state index in [0.717, 1.165) is 20.8 Å². The molecule has 6 rings (SSSR count). The predicted octanol–water partition coefficient (Wildman–Crippen LogP) is 3.62. The van der Waals surface area contributed by atoms with Gasteiger partial charge in [0.25, 0.3) is 11.8 Å². The number of nitrogens with zero attached hydrogens (tertiary/aromatic N) is 5. The summed E-state index contributed by atoms with van der Waals surface area (Å²) < 4.78 is 0.993. The molecule has 0 saturated carbocycles. The molecular formula is C26H23N5O3S2. The van der Waals surface area contributed by atoms with Gasteiger partial charge in [0.15, 0.2) is 5.01 Å². The molecule has 0 spiro atoms. The van der Waals surface area contributed by atoms with Crippen molar-refractivity contribution >= 4 is 50.6 Å². The van der Waals surface area contributed by atoms with Crippen molar-refractivity contribution in [1.82, 2.24) is 24.7 Å². The van der Waals surface area contributed by atoms with Gasteiger partial charge in [-0.1, -0.05) is 30.3 Å². The van der Waals surface area contributed by atoms with Crippen molar-refractivity contribution in [2.75, 3.05) is 32.7 Å². The molecule has 0 bridgehead atoms. The van der Waals surface area contributed by atoms with Crippen LogP contribution >= 0.6 is 22.7 Å². The first-order valence-electron chi connectivity index (χ1n) is 11.8. The first-order valence-corrected chi connectivity index (χ1v) is 13.5. The van der Waals surface area contributed by atoms with Crippen LogP contribution in [0.25, 0.3) is 20.8 Å². The van der Waals surface area contributed by atoms with Crippen LogP contribution in [0.1, 0.15) is 26.6 Å². The van der Waals surface area contributed by atoms with Crippen LogP contribution in [0.15, 0.2) is 60.1 Å². The summed E-state index contributed by atoms with van der Waals surface area (Å²) in [5.74, 6) is -0.483. The normalized spacial score (nSPS) is 17.3. The summed E-state index contributed by atoms with van der Waals surface area (Å²) >= 11 is 2.83. The molecule has 4 heterocycles. The Morgan fingerprint density at radius 3 is 2.58 bits per heavy atom. The molecule has 0 aliphatic carbocycles. The van der Waals surface area contributed by atoms with Gasteiger partial charge >= 0.3 is 0 Å². The number of imide groups is 1. The van der Waals surface area contributed by atoms with E-state index >= 15 is 0 Å². The first-order chi connectivity index (χ1) is 17.6. The molecule has 2 aromatic heterocycles. The molecular weight excluding hydrogens is 494 g/mol. The fraction of sp³-hybridized carbons (Fsp3) is 0.269. The van der Waals surface area contributed by atoms with E-state index in [1.807, 2.05) is 53.4 Å². The summed E-state index contributed by atoms with van der Waals surface area (Å²) in [6.07, 6.45) is 1.86. The molecule has 0 radical (unpaired) electrons. The molecule has 0 unspecified atom stereocenters. The third-order valence-electron chi connectivity index (χ3n) is 6.71. The van der Waals surface area contributed by atoms with Crippen LogP contribution in [0.2, 0.25) is 0 Å². The quantitative estimate of drug-likeness (QED) is 0.385. The van der Waals surface area contributed by atoms with Crippen LogP contribution in [0, 0.1) is 0 Å². The van der Waals surface area contributed by atoms with Gasteiger partial charge in [-0.2, -0.15) is 0 Å². The van der Waals surface area contributed by atoms with E-state index in [4.69, 9.17) is 4.98 Å². The summed E-state index contributed by atoms with van der Waals surface area (Å²) in [4.78, 5) is 52.5. The summed E-state index contributed by atoms with van der Waals surface area (Å²) in [5.41, 5.74) is 2.62. The smallest absolute Gasteiger partial charge is 0.289 e. The number of thiazole rings is 2. The van der Waals surface area contributed by atoms with Crippen LogP contribution in [0.5, 0.6) is 0 Å². The average Bonchev–Trinajstić information content (AvgIpc) is 3.52. The number of amides is 3. The monoisotopic (exact) mass is 517 g/mol. The molecule has 2 aliphatic rings. The standard InChI is InChI=1S/C26H23N5O3S2/c32-22-8-10-29(11-12-31(22)26(34)24-27-9-13-35-24)19-15-30(16-19)25(33)18-6-7-20-21(14-18)36-23(28-20)17-4-2-1-3-5-17/h1-7,9,13-14,19H,8,10-12,15-16H2. The van der Waals surface area contributed by atoms with Crippen molar-refractivity contribution in [2.24, 2.45) is 0 Å². The number of carbonyl (C=O) groups is 3. The number of rotatable bonds is 4. The Kier molecular flexibility index (Phi) is 6.08. The Labute approximate surface area is 215 Å². The minimum atomic E-state index is -0.323. The molecule has 2 fully saturated rings. The van der Waals surface area contributed by atoms with Crippen LogP contribution in [0.3, 0.4) is 0 Å². The van der Waals surface area contributed by atoms with Crippen molar-refractivity contribution in [3.05, 3.63) is 70.7 Å². The van der Waals surface area contributed by atoms with Crippen LogP contribution in [0.4, 0.5) is 0 Å². The molecule has 0 atom stereocenters. The molecule has 36 heavy (non-hydrogen) atoms. The highest BCUT2D eigenvalue weighted by molar-refractivity contribution is 7.21. The van der Waals surface area contributed by atoms with Gasteiger partial charge in [-0.05, 0) is 18.2 Å². The molecule has 2 saturated heterocycles. The largest absolute Gasteiger partial charge is 0.335 e. The lowest BCUT2D eigenvalue weighted by atomic mass is 10.0. The summed E-state index contributed by atoms with van der Waals surface area (Å²) in [7, 11) is 0. The minimum absolute atomic E-state index is 0.00860. The third kappa shape index (κ3) is 4.32. The van der Waals surface area contributed by atoms with Gasteiger partial charge in [0.2, 0.25) is 5.91 Å². The molecule has 10 heteroatoms. The lowest BCUT2D eigenvalue weighted by Gasteiger charge is -2.45. The Hall–Kier alpha value is -3.47. The number of likely N-dealkylation sites (tertiary alicyclic amines) is 1. The maximum absolute atomic E-state index is 13.1. The molecule has 0 N–H and O–H groups in total. The molecule has 2 aliphatic heterocycles. The van der Waals surface area contributed by atoms with Crippen LogP contribution in [-0.2, 0) is 4.79 Å². The maximum Gasteiger partial charge on any atom is 0.289 e. The highest BCUT2D eigenvalue weighted by Crippen LogP contribution is 2.31. The SMILES string of the molecule is O=C(c1ccc2nc(-c3ccccc3)sc2c1)N1CC(N2CCC(=O)N(C(=O)c3nccs3)CC2)C1. The highest BCUT2D eigenvalue weighted by Gasteiger charge is 2.37. The second kappa shape index (κ2) is 9.53. The fourth-order valence-corrected chi connectivity index (χ4v) is 6.25. The lowest BCUT2D eigenvalue weighted by Crippen LogP contribution is -2.61.